The largest absolute Gasteiger partial charge is 0.370 e. The molecule has 5 unspecified atom stereocenters. The monoisotopic (exact) mass is 740 g/mol. The van der Waals surface area contributed by atoms with Gasteiger partial charge >= 0.3 is 0 Å². The summed E-state index contributed by atoms with van der Waals surface area (Å²) in [6, 6.07) is 11.8. The van der Waals surface area contributed by atoms with Gasteiger partial charge in [-0.2, -0.15) is 5.26 Å². The maximum absolute atomic E-state index is 17.2. The van der Waals surface area contributed by atoms with Gasteiger partial charge in [-0.15, -0.1) is 5.10 Å². The van der Waals surface area contributed by atoms with E-state index in [2.05, 4.69) is 32.3 Å². The van der Waals surface area contributed by atoms with Crippen LogP contribution in [0.4, 0.5) is 4.39 Å². The van der Waals surface area contributed by atoms with Gasteiger partial charge in [0.25, 0.3) is 0 Å². The average Bonchev–Trinajstić information content (AvgIpc) is 3.61. The van der Waals surface area contributed by atoms with Crippen molar-refractivity contribution in [2.75, 3.05) is 13.1 Å². The Morgan fingerprint density at radius 2 is 2.04 bits per heavy atom. The number of hydrogen-bond acceptors (Lipinski definition) is 7. The van der Waals surface area contributed by atoms with E-state index in [1.165, 1.54) is 0 Å². The van der Waals surface area contributed by atoms with Gasteiger partial charge in [0.15, 0.2) is 5.82 Å². The van der Waals surface area contributed by atoms with Gasteiger partial charge in [-0.25, -0.2) is 9.37 Å². The third kappa shape index (κ3) is 5.49. The Balaban J connectivity index is 1.22. The number of amides is 1. The van der Waals surface area contributed by atoms with Crippen LogP contribution in [0.2, 0.25) is 10.0 Å². The first-order chi connectivity index (χ1) is 25.2. The van der Waals surface area contributed by atoms with Crippen molar-refractivity contribution in [1.29, 1.82) is 5.26 Å². The number of nitrogens with zero attached hydrogens (tertiary/aromatic N) is 7. The molecule has 2 saturated carbocycles. The first-order valence-electron chi connectivity index (χ1n) is 18.3. The van der Waals surface area contributed by atoms with Gasteiger partial charge in [0.05, 0.1) is 52.6 Å². The lowest BCUT2D eigenvalue weighted by Crippen LogP contribution is -2.41. The zero-order chi connectivity index (χ0) is 35.8. The normalized spacial score (nSPS) is 23.8. The Morgan fingerprint density at radius 3 is 2.75 bits per heavy atom. The van der Waals surface area contributed by atoms with Crippen molar-refractivity contribution in [3.8, 4) is 17.2 Å². The highest BCUT2D eigenvalue weighted by atomic mass is 35.5. The van der Waals surface area contributed by atoms with E-state index in [9.17, 15) is 10.1 Å². The van der Waals surface area contributed by atoms with Crippen LogP contribution in [0, 0.1) is 35.9 Å². The van der Waals surface area contributed by atoms with Crippen molar-refractivity contribution in [2.24, 2.45) is 11.8 Å². The smallest absolute Gasteiger partial charge is 0.226 e. The van der Waals surface area contributed by atoms with Crippen molar-refractivity contribution in [3.63, 3.8) is 0 Å². The Hall–Kier alpha value is -4.08. The molecule has 2 aromatic carbocycles. The van der Waals surface area contributed by atoms with E-state index in [-0.39, 0.29) is 53.0 Å². The van der Waals surface area contributed by atoms with Crippen LogP contribution in [0.1, 0.15) is 73.8 Å². The fourth-order valence-corrected chi connectivity index (χ4v) is 9.26. The SMILES string of the molecule is CCn1cc(COC2CC(c3cc4c(C)nc5c(F)c(-c6cccc(Cl)c6Cl)c(CCC#N)cc5c4n3C3C4CNC3C4)N(C(=O)C3CC3)C2)nn1. The molecule has 0 radical (unpaired) electrons. The van der Waals surface area contributed by atoms with Crippen LogP contribution in [0.15, 0.2) is 36.5 Å². The quantitative estimate of drug-likeness (QED) is 0.158. The highest BCUT2D eigenvalue weighted by Crippen LogP contribution is 2.51. The Labute approximate surface area is 310 Å². The van der Waals surface area contributed by atoms with Crippen LogP contribution in [0.3, 0.4) is 0 Å². The number of aryl methyl sites for hydroxylation is 3. The van der Waals surface area contributed by atoms with E-state index < -0.39 is 5.82 Å². The minimum absolute atomic E-state index is 0.0443. The minimum Gasteiger partial charge on any atom is -0.370 e. The van der Waals surface area contributed by atoms with Crippen molar-refractivity contribution >= 4 is 50.9 Å². The van der Waals surface area contributed by atoms with Crippen molar-refractivity contribution in [1.82, 2.24) is 34.8 Å². The number of likely N-dealkylation sites (tertiary alicyclic amines) is 1. The van der Waals surface area contributed by atoms with Crippen LogP contribution in [-0.4, -0.2) is 60.6 Å². The molecule has 5 aliphatic rings. The summed E-state index contributed by atoms with van der Waals surface area (Å²) in [5.74, 6) is 0.149. The molecule has 13 heteroatoms. The lowest BCUT2D eigenvalue weighted by atomic mass is 9.79. The molecule has 1 amide bonds. The molecule has 3 aromatic heterocycles. The molecule has 10 rings (SSSR count). The van der Waals surface area contributed by atoms with Crippen LogP contribution in [-0.2, 0) is 29.1 Å². The van der Waals surface area contributed by atoms with E-state index in [0.717, 1.165) is 54.6 Å². The first-order valence-corrected chi connectivity index (χ1v) is 19.0. The summed E-state index contributed by atoms with van der Waals surface area (Å²) in [7, 11) is 0. The number of nitriles is 1. The number of benzene rings is 2. The van der Waals surface area contributed by atoms with Gasteiger partial charge in [0.1, 0.15) is 11.2 Å². The molecule has 3 saturated heterocycles. The first kappa shape index (κ1) is 33.7. The number of carbonyl (C=O) groups is 1. The van der Waals surface area contributed by atoms with E-state index in [0.29, 0.717) is 64.7 Å². The number of hydrogen-bond donors (Lipinski definition) is 1. The molecule has 5 atom stereocenters. The number of pyridine rings is 1. The molecule has 10 nitrogen and oxygen atoms in total. The van der Waals surface area contributed by atoms with Crippen molar-refractivity contribution in [2.45, 2.75) is 89.8 Å². The molecule has 3 aliphatic heterocycles. The van der Waals surface area contributed by atoms with Crippen LogP contribution in [0.5, 0.6) is 0 Å². The molecule has 5 fully saturated rings. The fourth-order valence-electron chi connectivity index (χ4n) is 8.87. The maximum atomic E-state index is 17.2. The van der Waals surface area contributed by atoms with Gasteiger partial charge in [-0.05, 0) is 69.2 Å². The topological polar surface area (TPSA) is 114 Å². The third-order valence-electron chi connectivity index (χ3n) is 11.6. The highest BCUT2D eigenvalue weighted by Gasteiger charge is 2.51. The molecule has 6 heterocycles. The molecule has 268 valence electrons. The van der Waals surface area contributed by atoms with Gasteiger partial charge in [-0.3, -0.25) is 9.48 Å². The summed E-state index contributed by atoms with van der Waals surface area (Å²) in [5.41, 5.74) is 5.14. The van der Waals surface area contributed by atoms with Crippen LogP contribution < -0.4 is 5.32 Å². The number of ether oxygens (including phenoxy) is 1. The summed E-state index contributed by atoms with van der Waals surface area (Å²) in [5, 5.41) is 23.9. The summed E-state index contributed by atoms with van der Waals surface area (Å²) in [6.07, 6.45) is 5.78. The molecule has 5 aromatic rings. The number of rotatable bonds is 10. The molecule has 52 heavy (non-hydrogen) atoms. The zero-order valence-corrected chi connectivity index (χ0v) is 30.6. The van der Waals surface area contributed by atoms with Gasteiger partial charge in [-0.1, -0.05) is 40.5 Å². The second kappa shape index (κ2) is 13.1. The second-order valence-corrected chi connectivity index (χ2v) is 15.6. The number of carbonyl (C=O) groups excluding carboxylic acids is 1. The van der Waals surface area contributed by atoms with E-state index in [4.69, 9.17) is 32.9 Å². The lowest BCUT2D eigenvalue weighted by Gasteiger charge is -2.39. The minimum atomic E-state index is -0.483. The third-order valence-corrected chi connectivity index (χ3v) is 12.4. The number of aromatic nitrogens is 5. The summed E-state index contributed by atoms with van der Waals surface area (Å²) < 4.78 is 27.8. The standard InChI is InChI=1S/C39H39Cl2FN8O2/c1-3-48-17-24(46-47-48)19-52-25-14-31(49(18-25)39(51)21-9-10-21)32-15-27-20(2)45-36-28(38(27)50(32)37-23-13-30(37)44-16-23)12-22(6-5-11-43)33(35(36)42)26-7-4-8-29(40)34(26)41/h4,7-8,12,15,17,21,23,25,30-31,37,44H,3,5-6,9-10,13-14,16,18-19H2,1-2H3. The van der Waals surface area contributed by atoms with Gasteiger partial charge in [0, 0.05) is 77.7 Å². The van der Waals surface area contributed by atoms with Crippen molar-refractivity contribution in [3.05, 3.63) is 75.0 Å². The lowest BCUT2D eigenvalue weighted by molar-refractivity contribution is -0.134. The second-order valence-electron chi connectivity index (χ2n) is 14.8. The van der Waals surface area contributed by atoms with Gasteiger partial charge in [0.2, 0.25) is 5.91 Å². The summed E-state index contributed by atoms with van der Waals surface area (Å²) in [6.45, 7) is 6.40. The Morgan fingerprint density at radius 1 is 1.19 bits per heavy atom. The maximum Gasteiger partial charge on any atom is 0.226 e. The van der Waals surface area contributed by atoms with Crippen molar-refractivity contribution < 1.29 is 13.9 Å². The molecule has 2 aliphatic carbocycles. The van der Waals surface area contributed by atoms with Crippen LogP contribution >= 0.6 is 23.2 Å². The summed E-state index contributed by atoms with van der Waals surface area (Å²) >= 11 is 13.1. The van der Waals surface area contributed by atoms with E-state index in [1.54, 1.807) is 22.9 Å². The van der Waals surface area contributed by atoms with E-state index in [1.807, 2.05) is 31.0 Å². The number of halogens is 3. The number of nitrogens with one attached hydrogen (secondary N) is 1. The molecule has 2 bridgehead atoms. The predicted molar refractivity (Wildman–Crippen MR) is 196 cm³/mol. The molecular weight excluding hydrogens is 702 g/mol. The molecule has 1 N–H and O–H groups in total. The van der Waals surface area contributed by atoms with Gasteiger partial charge < -0.3 is 19.5 Å². The predicted octanol–water partition coefficient (Wildman–Crippen LogP) is 7.48. The van der Waals surface area contributed by atoms with E-state index >= 15 is 4.39 Å². The fraction of sp³-hybridized carbons (Fsp3) is 0.462. The number of fused-ring (bicyclic) bond motifs is 4. The Kier molecular flexibility index (Phi) is 8.50. The summed E-state index contributed by atoms with van der Waals surface area (Å²) in [4.78, 5) is 20.9. The Bertz CT molecular complexity index is 2280. The molecular formula is C39H39Cl2FN8O2. The van der Waals surface area contributed by atoms with Crippen LogP contribution in [0.25, 0.3) is 32.9 Å². The zero-order valence-electron chi connectivity index (χ0n) is 29.1. The average molecular weight is 742 g/mol. The highest BCUT2D eigenvalue weighted by molar-refractivity contribution is 6.43. The molecule has 0 spiro atoms.